The first-order valence-corrected chi connectivity index (χ1v) is 6.85. The number of carboxylic acids is 1. The quantitative estimate of drug-likeness (QED) is 0.793. The number of benzene rings is 1. The van der Waals surface area contributed by atoms with Gasteiger partial charge in [0.25, 0.3) is 0 Å². The number of furan rings is 1. The minimum absolute atomic E-state index is 0.316. The minimum Gasteiger partial charge on any atom is -0.478 e. The highest BCUT2D eigenvalue weighted by atomic mass is 16.4. The van der Waals surface area contributed by atoms with Crippen molar-refractivity contribution in [3.05, 3.63) is 58.7 Å². The molecule has 0 radical (unpaired) electrons. The number of carbonyl (C=O) groups is 1. The Kier molecular flexibility index (Phi) is 3.09. The van der Waals surface area contributed by atoms with Gasteiger partial charge >= 0.3 is 5.97 Å². The van der Waals surface area contributed by atoms with E-state index in [1.807, 2.05) is 39.0 Å². The molecule has 0 saturated heterocycles. The van der Waals surface area contributed by atoms with Gasteiger partial charge in [-0.15, -0.1) is 0 Å². The van der Waals surface area contributed by atoms with Gasteiger partial charge in [0.05, 0.1) is 12.1 Å². The summed E-state index contributed by atoms with van der Waals surface area (Å²) in [7, 11) is 0. The normalized spacial score (nSPS) is 11.2. The molecule has 4 heteroatoms. The molecule has 1 N–H and O–H groups in total. The highest BCUT2D eigenvalue weighted by Gasteiger charge is 2.14. The van der Waals surface area contributed by atoms with Crippen LogP contribution < -0.4 is 0 Å². The van der Waals surface area contributed by atoms with Crippen molar-refractivity contribution in [2.24, 2.45) is 0 Å². The van der Waals surface area contributed by atoms with Gasteiger partial charge in [-0.3, -0.25) is 0 Å². The fourth-order valence-corrected chi connectivity index (χ4v) is 2.71. The molecule has 0 aliphatic carbocycles. The van der Waals surface area contributed by atoms with Gasteiger partial charge in [-0.05, 0) is 56.7 Å². The van der Waals surface area contributed by atoms with Gasteiger partial charge in [0, 0.05) is 16.6 Å². The summed E-state index contributed by atoms with van der Waals surface area (Å²) in [6.45, 7) is 6.64. The van der Waals surface area contributed by atoms with Crippen LogP contribution in [-0.2, 0) is 6.54 Å². The van der Waals surface area contributed by atoms with Crippen molar-refractivity contribution in [2.45, 2.75) is 27.3 Å². The third-order valence-electron chi connectivity index (χ3n) is 4.00. The average molecular weight is 283 g/mol. The molecule has 1 aromatic carbocycles. The van der Waals surface area contributed by atoms with E-state index in [4.69, 9.17) is 9.52 Å². The third kappa shape index (κ3) is 2.23. The molecule has 0 spiro atoms. The van der Waals surface area contributed by atoms with Gasteiger partial charge in [-0.2, -0.15) is 0 Å². The van der Waals surface area contributed by atoms with Crippen LogP contribution in [0.25, 0.3) is 10.9 Å². The smallest absolute Gasteiger partial charge is 0.335 e. The number of fused-ring (bicyclic) bond motifs is 1. The number of hydrogen-bond donors (Lipinski definition) is 1. The number of aromatic carboxylic acids is 1. The topological polar surface area (TPSA) is 55.4 Å². The molecule has 0 bridgehead atoms. The molecule has 2 heterocycles. The molecule has 3 rings (SSSR count). The maximum Gasteiger partial charge on any atom is 0.335 e. The van der Waals surface area contributed by atoms with E-state index >= 15 is 0 Å². The number of aryl methyl sites for hydroxylation is 2. The Morgan fingerprint density at radius 2 is 1.95 bits per heavy atom. The molecule has 3 aromatic rings. The van der Waals surface area contributed by atoms with Crippen LogP contribution in [0.4, 0.5) is 0 Å². The fourth-order valence-electron chi connectivity index (χ4n) is 2.71. The lowest BCUT2D eigenvalue weighted by atomic mass is 10.1. The van der Waals surface area contributed by atoms with E-state index in [-0.39, 0.29) is 0 Å². The van der Waals surface area contributed by atoms with Crippen LogP contribution in [0.2, 0.25) is 0 Å². The van der Waals surface area contributed by atoms with Crippen LogP contribution in [0.3, 0.4) is 0 Å². The molecule has 0 aliphatic heterocycles. The molecular weight excluding hydrogens is 266 g/mol. The first-order valence-electron chi connectivity index (χ1n) is 6.85. The van der Waals surface area contributed by atoms with Crippen LogP contribution >= 0.6 is 0 Å². The number of rotatable bonds is 3. The van der Waals surface area contributed by atoms with Crippen LogP contribution in [0, 0.1) is 20.8 Å². The summed E-state index contributed by atoms with van der Waals surface area (Å²) in [4.78, 5) is 11.1. The van der Waals surface area contributed by atoms with Crippen LogP contribution in [0.1, 0.15) is 33.1 Å². The number of hydrogen-bond acceptors (Lipinski definition) is 2. The average Bonchev–Trinajstić information content (AvgIpc) is 2.96. The lowest BCUT2D eigenvalue weighted by molar-refractivity contribution is 0.0697. The molecule has 21 heavy (non-hydrogen) atoms. The van der Waals surface area contributed by atoms with Gasteiger partial charge in [0.15, 0.2) is 0 Å². The van der Waals surface area contributed by atoms with Crippen molar-refractivity contribution < 1.29 is 14.3 Å². The lowest BCUT2D eigenvalue weighted by Gasteiger charge is -2.06. The molecule has 0 fully saturated rings. The van der Waals surface area contributed by atoms with Gasteiger partial charge in [-0.25, -0.2) is 4.79 Å². The SMILES string of the molecule is Cc1ccc(Cn2c(C)c(C)c3cc(C(=O)O)ccc32)o1. The molecule has 0 saturated carbocycles. The van der Waals surface area contributed by atoms with Crippen molar-refractivity contribution in [3.8, 4) is 0 Å². The molecule has 108 valence electrons. The van der Waals surface area contributed by atoms with Crippen molar-refractivity contribution in [1.82, 2.24) is 4.57 Å². The second-order valence-electron chi connectivity index (χ2n) is 5.35. The van der Waals surface area contributed by atoms with Gasteiger partial charge in [-0.1, -0.05) is 0 Å². The molecular formula is C17H17NO3. The van der Waals surface area contributed by atoms with E-state index in [1.165, 1.54) is 0 Å². The standard InChI is InChI=1S/C17H17NO3/c1-10-4-6-14(21-10)9-18-12(3)11(2)15-8-13(17(19)20)5-7-16(15)18/h4-8H,9H2,1-3H3,(H,19,20). The Bertz CT molecular complexity index is 839. The first-order chi connectivity index (χ1) is 9.97. The van der Waals surface area contributed by atoms with Crippen molar-refractivity contribution >= 4 is 16.9 Å². The Labute approximate surface area is 122 Å². The predicted octanol–water partition coefficient (Wildman–Crippen LogP) is 3.91. The van der Waals surface area contributed by atoms with E-state index in [0.717, 1.165) is 33.7 Å². The highest BCUT2D eigenvalue weighted by molar-refractivity contribution is 5.95. The van der Waals surface area contributed by atoms with E-state index in [9.17, 15) is 4.79 Å². The lowest BCUT2D eigenvalue weighted by Crippen LogP contribution is -2.01. The molecule has 2 aromatic heterocycles. The number of carboxylic acid groups (broad SMARTS) is 1. The molecule has 4 nitrogen and oxygen atoms in total. The van der Waals surface area contributed by atoms with Crippen molar-refractivity contribution in [2.75, 3.05) is 0 Å². The summed E-state index contributed by atoms with van der Waals surface area (Å²) in [5.41, 5.74) is 3.58. The van der Waals surface area contributed by atoms with E-state index < -0.39 is 5.97 Å². The molecule has 0 amide bonds. The molecule has 0 unspecified atom stereocenters. The summed E-state index contributed by atoms with van der Waals surface area (Å²) in [5, 5.41) is 10.1. The molecule has 0 atom stereocenters. The van der Waals surface area contributed by atoms with Gasteiger partial charge in [0.1, 0.15) is 11.5 Å². The van der Waals surface area contributed by atoms with Crippen LogP contribution in [-0.4, -0.2) is 15.6 Å². The van der Waals surface area contributed by atoms with E-state index in [1.54, 1.807) is 12.1 Å². The third-order valence-corrected chi connectivity index (χ3v) is 4.00. The monoisotopic (exact) mass is 283 g/mol. The Morgan fingerprint density at radius 1 is 1.19 bits per heavy atom. The zero-order chi connectivity index (χ0) is 15.1. The number of aromatic nitrogens is 1. The largest absolute Gasteiger partial charge is 0.478 e. The minimum atomic E-state index is -0.900. The van der Waals surface area contributed by atoms with E-state index in [2.05, 4.69) is 4.57 Å². The first kappa shape index (κ1) is 13.5. The van der Waals surface area contributed by atoms with Gasteiger partial charge in [0.2, 0.25) is 0 Å². The summed E-state index contributed by atoms with van der Waals surface area (Å²) >= 11 is 0. The maximum absolute atomic E-state index is 11.1. The zero-order valence-electron chi connectivity index (χ0n) is 12.3. The fraction of sp³-hybridized carbons (Fsp3) is 0.235. The second kappa shape index (κ2) is 4.81. The molecule has 0 aliphatic rings. The van der Waals surface area contributed by atoms with Crippen molar-refractivity contribution in [3.63, 3.8) is 0 Å². The maximum atomic E-state index is 11.1. The summed E-state index contributed by atoms with van der Waals surface area (Å²) in [5.74, 6) is 0.891. The van der Waals surface area contributed by atoms with Crippen LogP contribution in [0.5, 0.6) is 0 Å². The summed E-state index contributed by atoms with van der Waals surface area (Å²) < 4.78 is 7.81. The predicted molar refractivity (Wildman–Crippen MR) is 80.9 cm³/mol. The van der Waals surface area contributed by atoms with Crippen molar-refractivity contribution in [1.29, 1.82) is 0 Å². The van der Waals surface area contributed by atoms with Crippen LogP contribution in [0.15, 0.2) is 34.7 Å². The Morgan fingerprint density at radius 3 is 2.57 bits per heavy atom. The van der Waals surface area contributed by atoms with Gasteiger partial charge < -0.3 is 14.1 Å². The summed E-state index contributed by atoms with van der Waals surface area (Å²) in [6, 6.07) is 9.18. The summed E-state index contributed by atoms with van der Waals surface area (Å²) in [6.07, 6.45) is 0. The number of nitrogens with zero attached hydrogens (tertiary/aromatic N) is 1. The Balaban J connectivity index is 2.14. The Hall–Kier alpha value is -2.49. The second-order valence-corrected chi connectivity index (χ2v) is 5.35. The van der Waals surface area contributed by atoms with E-state index in [0.29, 0.717) is 12.1 Å². The highest BCUT2D eigenvalue weighted by Crippen LogP contribution is 2.27. The zero-order valence-corrected chi connectivity index (χ0v) is 12.3.